The largest absolute Gasteiger partial charge is 0.389 e. The van der Waals surface area contributed by atoms with Crippen LogP contribution >= 0.6 is 0 Å². The molecule has 1 fully saturated rings. The van der Waals surface area contributed by atoms with Crippen LogP contribution in [0, 0.1) is 5.92 Å². The summed E-state index contributed by atoms with van der Waals surface area (Å²) < 4.78 is 0. The summed E-state index contributed by atoms with van der Waals surface area (Å²) in [4.78, 5) is 13.6. The Morgan fingerprint density at radius 3 is 2.47 bits per heavy atom. The fourth-order valence-corrected chi connectivity index (χ4v) is 1.74. The molecule has 1 saturated carbocycles. The minimum atomic E-state index is -0.786. The first-order valence-corrected chi connectivity index (χ1v) is 5.92. The molecule has 1 N–H and O–H groups in total. The molecule has 3 heteroatoms. The molecule has 1 rings (SSSR count). The van der Waals surface area contributed by atoms with Gasteiger partial charge in [-0.15, -0.1) is 0 Å². The molecule has 0 bridgehead atoms. The lowest BCUT2D eigenvalue weighted by atomic mass is 10.1. The summed E-state index contributed by atoms with van der Waals surface area (Å²) >= 11 is 0. The van der Waals surface area contributed by atoms with Gasteiger partial charge in [-0.05, 0) is 33.1 Å². The van der Waals surface area contributed by atoms with Gasteiger partial charge in [-0.1, -0.05) is 12.8 Å². The molecule has 0 aromatic rings. The number of amides is 1. The van der Waals surface area contributed by atoms with Crippen molar-refractivity contribution in [2.24, 2.45) is 5.92 Å². The van der Waals surface area contributed by atoms with Crippen LogP contribution in [0.4, 0.5) is 0 Å². The highest BCUT2D eigenvalue weighted by atomic mass is 16.3. The van der Waals surface area contributed by atoms with Crippen molar-refractivity contribution in [3.8, 4) is 0 Å². The van der Waals surface area contributed by atoms with Crippen LogP contribution in [-0.4, -0.2) is 34.6 Å². The minimum absolute atomic E-state index is 0.187. The summed E-state index contributed by atoms with van der Waals surface area (Å²) in [5, 5.41) is 9.66. The summed E-state index contributed by atoms with van der Waals surface area (Å²) in [6.07, 6.45) is 4.27. The molecule has 0 aromatic heterocycles. The lowest BCUT2D eigenvalue weighted by Crippen LogP contribution is -2.42. The number of carbonyl (C=O) groups excluding carboxylic acids is 1. The van der Waals surface area contributed by atoms with Crippen molar-refractivity contribution in [2.75, 3.05) is 13.1 Å². The van der Waals surface area contributed by atoms with Gasteiger partial charge < -0.3 is 10.0 Å². The SMILES string of the molecule is CCN(CC(C)(C)O)C(=O)CCC1CC1. The molecule has 1 amide bonds. The van der Waals surface area contributed by atoms with Gasteiger partial charge in [0.2, 0.25) is 5.91 Å². The summed E-state index contributed by atoms with van der Waals surface area (Å²) in [6.45, 7) is 6.56. The van der Waals surface area contributed by atoms with Crippen molar-refractivity contribution in [2.45, 2.75) is 52.1 Å². The van der Waals surface area contributed by atoms with Crippen LogP contribution in [0.15, 0.2) is 0 Å². The maximum atomic E-state index is 11.8. The van der Waals surface area contributed by atoms with Gasteiger partial charge in [0.25, 0.3) is 0 Å². The molecule has 15 heavy (non-hydrogen) atoms. The Balaban J connectivity index is 2.31. The molecule has 0 aliphatic heterocycles. The van der Waals surface area contributed by atoms with Gasteiger partial charge in [0, 0.05) is 19.5 Å². The third kappa shape index (κ3) is 5.17. The minimum Gasteiger partial charge on any atom is -0.389 e. The van der Waals surface area contributed by atoms with E-state index < -0.39 is 5.60 Å². The molecule has 1 aliphatic rings. The number of likely N-dealkylation sites (N-methyl/N-ethyl adjacent to an activating group) is 1. The van der Waals surface area contributed by atoms with Gasteiger partial charge in [-0.3, -0.25) is 4.79 Å². The van der Waals surface area contributed by atoms with Crippen molar-refractivity contribution >= 4 is 5.91 Å². The van der Waals surface area contributed by atoms with Crippen LogP contribution in [-0.2, 0) is 4.79 Å². The molecule has 0 radical (unpaired) electrons. The molecule has 0 atom stereocenters. The molecule has 0 saturated heterocycles. The number of rotatable bonds is 6. The van der Waals surface area contributed by atoms with Crippen LogP contribution < -0.4 is 0 Å². The monoisotopic (exact) mass is 213 g/mol. The quantitative estimate of drug-likeness (QED) is 0.731. The number of hydrogen-bond acceptors (Lipinski definition) is 2. The average molecular weight is 213 g/mol. The van der Waals surface area contributed by atoms with Gasteiger partial charge in [0.05, 0.1) is 5.60 Å². The summed E-state index contributed by atoms with van der Waals surface area (Å²) in [5.74, 6) is 0.987. The molecule has 0 spiro atoms. The maximum Gasteiger partial charge on any atom is 0.222 e. The van der Waals surface area contributed by atoms with Gasteiger partial charge >= 0.3 is 0 Å². The zero-order valence-electron chi connectivity index (χ0n) is 10.1. The van der Waals surface area contributed by atoms with E-state index in [1.165, 1.54) is 12.8 Å². The molecular weight excluding hydrogens is 190 g/mol. The smallest absolute Gasteiger partial charge is 0.222 e. The second-order valence-corrected chi connectivity index (χ2v) is 5.20. The van der Waals surface area contributed by atoms with E-state index in [0.29, 0.717) is 19.5 Å². The van der Waals surface area contributed by atoms with Gasteiger partial charge in [0.1, 0.15) is 0 Å². The first-order valence-electron chi connectivity index (χ1n) is 5.92. The van der Waals surface area contributed by atoms with Gasteiger partial charge in [-0.25, -0.2) is 0 Å². The normalized spacial score (nSPS) is 16.5. The van der Waals surface area contributed by atoms with E-state index in [1.807, 2.05) is 6.92 Å². The predicted molar refractivity (Wildman–Crippen MR) is 60.5 cm³/mol. The lowest BCUT2D eigenvalue weighted by molar-refractivity contribution is -0.134. The highest BCUT2D eigenvalue weighted by molar-refractivity contribution is 5.76. The van der Waals surface area contributed by atoms with Crippen LogP contribution in [0.5, 0.6) is 0 Å². The van der Waals surface area contributed by atoms with E-state index >= 15 is 0 Å². The van der Waals surface area contributed by atoms with Crippen molar-refractivity contribution < 1.29 is 9.90 Å². The van der Waals surface area contributed by atoms with E-state index in [0.717, 1.165) is 12.3 Å². The van der Waals surface area contributed by atoms with Crippen LogP contribution in [0.1, 0.15) is 46.5 Å². The second-order valence-electron chi connectivity index (χ2n) is 5.20. The van der Waals surface area contributed by atoms with Gasteiger partial charge in [0.15, 0.2) is 0 Å². The van der Waals surface area contributed by atoms with Crippen LogP contribution in [0.2, 0.25) is 0 Å². The van der Waals surface area contributed by atoms with Crippen LogP contribution in [0.25, 0.3) is 0 Å². The second kappa shape index (κ2) is 4.97. The third-order valence-corrected chi connectivity index (χ3v) is 2.78. The van der Waals surface area contributed by atoms with E-state index in [4.69, 9.17) is 0 Å². The maximum absolute atomic E-state index is 11.8. The zero-order chi connectivity index (χ0) is 11.5. The lowest BCUT2D eigenvalue weighted by Gasteiger charge is -2.28. The number of hydrogen-bond donors (Lipinski definition) is 1. The highest BCUT2D eigenvalue weighted by Crippen LogP contribution is 2.33. The van der Waals surface area contributed by atoms with E-state index in [9.17, 15) is 9.90 Å². The van der Waals surface area contributed by atoms with E-state index in [1.54, 1.807) is 18.7 Å². The van der Waals surface area contributed by atoms with Crippen LogP contribution in [0.3, 0.4) is 0 Å². The molecule has 0 unspecified atom stereocenters. The molecule has 1 aliphatic carbocycles. The van der Waals surface area contributed by atoms with E-state index in [2.05, 4.69) is 0 Å². The fraction of sp³-hybridized carbons (Fsp3) is 0.917. The van der Waals surface area contributed by atoms with Crippen molar-refractivity contribution in [1.82, 2.24) is 4.90 Å². The Hall–Kier alpha value is -0.570. The number of aliphatic hydroxyl groups is 1. The molecule has 3 nitrogen and oxygen atoms in total. The highest BCUT2D eigenvalue weighted by Gasteiger charge is 2.25. The van der Waals surface area contributed by atoms with E-state index in [-0.39, 0.29) is 5.91 Å². The Labute approximate surface area is 92.5 Å². The summed E-state index contributed by atoms with van der Waals surface area (Å²) in [5.41, 5.74) is -0.786. The molecular formula is C12H23NO2. The van der Waals surface area contributed by atoms with Gasteiger partial charge in [-0.2, -0.15) is 0 Å². The standard InChI is InChI=1S/C12H23NO2/c1-4-13(9-12(2,3)15)11(14)8-7-10-5-6-10/h10,15H,4-9H2,1-3H3. The first kappa shape index (κ1) is 12.5. The van der Waals surface area contributed by atoms with Crippen molar-refractivity contribution in [3.05, 3.63) is 0 Å². The molecule has 0 heterocycles. The van der Waals surface area contributed by atoms with Crippen molar-refractivity contribution in [1.29, 1.82) is 0 Å². The Kier molecular flexibility index (Phi) is 4.14. The Morgan fingerprint density at radius 2 is 2.07 bits per heavy atom. The summed E-state index contributed by atoms with van der Waals surface area (Å²) in [6, 6.07) is 0. The zero-order valence-corrected chi connectivity index (χ0v) is 10.1. The molecule has 0 aromatic carbocycles. The molecule has 88 valence electrons. The average Bonchev–Trinajstić information content (AvgIpc) is 2.92. The Morgan fingerprint density at radius 1 is 1.47 bits per heavy atom. The number of carbonyl (C=O) groups is 1. The van der Waals surface area contributed by atoms with Crippen molar-refractivity contribution in [3.63, 3.8) is 0 Å². The summed E-state index contributed by atoms with van der Waals surface area (Å²) in [7, 11) is 0. The first-order chi connectivity index (χ1) is 6.92. The fourth-order valence-electron chi connectivity index (χ4n) is 1.74. The third-order valence-electron chi connectivity index (χ3n) is 2.78. The predicted octanol–water partition coefficient (Wildman–Crippen LogP) is 1.80. The topological polar surface area (TPSA) is 40.5 Å². The Bertz CT molecular complexity index is 216. The number of nitrogens with zero attached hydrogens (tertiary/aromatic N) is 1.